The smallest absolute Gasteiger partial charge is 0.271 e. The highest BCUT2D eigenvalue weighted by atomic mass is 19.1. The summed E-state index contributed by atoms with van der Waals surface area (Å²) >= 11 is 0. The van der Waals surface area contributed by atoms with Gasteiger partial charge in [0.25, 0.3) is 5.91 Å². The van der Waals surface area contributed by atoms with Crippen molar-refractivity contribution in [2.75, 3.05) is 13.7 Å². The molecular formula is C31H29FN2O5. The molecule has 0 aliphatic carbocycles. The van der Waals surface area contributed by atoms with Crippen molar-refractivity contribution in [3.63, 3.8) is 0 Å². The van der Waals surface area contributed by atoms with Gasteiger partial charge in [-0.25, -0.2) is 9.82 Å². The van der Waals surface area contributed by atoms with Crippen LogP contribution in [0, 0.1) is 5.82 Å². The predicted octanol–water partition coefficient (Wildman–Crippen LogP) is 6.15. The summed E-state index contributed by atoms with van der Waals surface area (Å²) in [7, 11) is 1.52. The quantitative estimate of drug-likeness (QED) is 0.176. The molecule has 7 nitrogen and oxygen atoms in total. The molecule has 0 aliphatic heterocycles. The first kappa shape index (κ1) is 27.2. The normalized spacial score (nSPS) is 10.7. The maximum atomic E-state index is 13.4. The standard InChI is InChI=1S/C31H29FN2O5/c1-3-37-30-17-23(12-14-28(30)39-21-24-10-7-11-26(32)16-24)19-33-34-31(35)25-13-15-27(29(18-25)36-2)38-20-22-8-5-4-6-9-22/h4-19H,3,20-21H2,1-2H3,(H,34,35)/b33-19+. The number of amides is 1. The van der Waals surface area contributed by atoms with Crippen LogP contribution in [-0.2, 0) is 13.2 Å². The van der Waals surface area contributed by atoms with Crippen molar-refractivity contribution in [1.82, 2.24) is 5.43 Å². The van der Waals surface area contributed by atoms with E-state index in [1.165, 1.54) is 25.5 Å². The van der Waals surface area contributed by atoms with Crippen molar-refractivity contribution in [3.8, 4) is 23.0 Å². The van der Waals surface area contributed by atoms with Gasteiger partial charge in [0, 0.05) is 5.56 Å². The zero-order valence-corrected chi connectivity index (χ0v) is 21.7. The van der Waals surface area contributed by atoms with Crippen LogP contribution in [0.4, 0.5) is 4.39 Å². The van der Waals surface area contributed by atoms with Crippen molar-refractivity contribution in [2.45, 2.75) is 20.1 Å². The lowest BCUT2D eigenvalue weighted by atomic mass is 10.2. The Kier molecular flexibility index (Phi) is 9.50. The molecule has 0 aromatic heterocycles. The van der Waals surface area contributed by atoms with Gasteiger partial charge in [0.1, 0.15) is 19.0 Å². The van der Waals surface area contributed by atoms with Gasteiger partial charge >= 0.3 is 0 Å². The molecule has 4 aromatic carbocycles. The molecule has 0 bridgehead atoms. The second-order valence-electron chi connectivity index (χ2n) is 8.40. The van der Waals surface area contributed by atoms with Crippen LogP contribution >= 0.6 is 0 Å². The minimum Gasteiger partial charge on any atom is -0.493 e. The van der Waals surface area contributed by atoms with Crippen LogP contribution in [0.5, 0.6) is 23.0 Å². The molecule has 4 aromatic rings. The summed E-state index contributed by atoms with van der Waals surface area (Å²) in [6.07, 6.45) is 1.51. The third kappa shape index (κ3) is 7.82. The van der Waals surface area contributed by atoms with E-state index < -0.39 is 5.91 Å². The monoisotopic (exact) mass is 528 g/mol. The molecule has 1 N–H and O–H groups in total. The summed E-state index contributed by atoms with van der Waals surface area (Å²) in [5, 5.41) is 4.07. The molecule has 4 rings (SSSR count). The van der Waals surface area contributed by atoms with E-state index in [0.29, 0.717) is 52.9 Å². The van der Waals surface area contributed by atoms with Gasteiger partial charge in [0.15, 0.2) is 23.0 Å². The molecule has 0 heterocycles. The number of hydrazone groups is 1. The van der Waals surface area contributed by atoms with E-state index in [0.717, 1.165) is 5.56 Å². The average molecular weight is 529 g/mol. The van der Waals surface area contributed by atoms with Crippen LogP contribution in [0.25, 0.3) is 0 Å². The fourth-order valence-electron chi connectivity index (χ4n) is 3.67. The summed E-state index contributed by atoms with van der Waals surface area (Å²) in [6, 6.07) is 26.2. The number of hydrogen-bond donors (Lipinski definition) is 1. The lowest BCUT2D eigenvalue weighted by Crippen LogP contribution is -2.17. The van der Waals surface area contributed by atoms with Crippen LogP contribution in [0.3, 0.4) is 0 Å². The van der Waals surface area contributed by atoms with Gasteiger partial charge in [-0.2, -0.15) is 5.10 Å². The Morgan fingerprint density at radius 3 is 2.26 bits per heavy atom. The Morgan fingerprint density at radius 1 is 0.795 bits per heavy atom. The molecule has 1 amide bonds. The minimum absolute atomic E-state index is 0.195. The molecule has 0 unspecified atom stereocenters. The highest BCUT2D eigenvalue weighted by Gasteiger charge is 2.12. The zero-order valence-electron chi connectivity index (χ0n) is 21.7. The van der Waals surface area contributed by atoms with Crippen molar-refractivity contribution >= 4 is 12.1 Å². The van der Waals surface area contributed by atoms with Crippen molar-refractivity contribution in [2.24, 2.45) is 5.10 Å². The molecular weight excluding hydrogens is 499 g/mol. The maximum absolute atomic E-state index is 13.4. The Morgan fingerprint density at radius 2 is 1.51 bits per heavy atom. The Bertz CT molecular complexity index is 1430. The Balaban J connectivity index is 1.37. The first-order valence-corrected chi connectivity index (χ1v) is 12.4. The second kappa shape index (κ2) is 13.6. The van der Waals surface area contributed by atoms with E-state index in [2.05, 4.69) is 10.5 Å². The van der Waals surface area contributed by atoms with Gasteiger partial charge in [-0.1, -0.05) is 42.5 Å². The number of ether oxygens (including phenoxy) is 4. The van der Waals surface area contributed by atoms with Crippen LogP contribution in [0.15, 0.2) is 96.1 Å². The predicted molar refractivity (Wildman–Crippen MR) is 147 cm³/mol. The Labute approximate surface area is 226 Å². The number of methoxy groups -OCH3 is 1. The number of carbonyl (C=O) groups is 1. The molecule has 0 radical (unpaired) electrons. The SMILES string of the molecule is CCOc1cc(/C=N/NC(=O)c2ccc(OCc3ccccc3)c(OC)c2)ccc1OCc1cccc(F)c1. The van der Waals surface area contributed by atoms with Crippen molar-refractivity contribution in [1.29, 1.82) is 0 Å². The molecule has 39 heavy (non-hydrogen) atoms. The van der Waals surface area contributed by atoms with E-state index in [1.807, 2.05) is 37.3 Å². The molecule has 0 saturated carbocycles. The van der Waals surface area contributed by atoms with Gasteiger partial charge in [-0.15, -0.1) is 0 Å². The summed E-state index contributed by atoms with van der Waals surface area (Å²) in [6.45, 7) is 2.87. The van der Waals surface area contributed by atoms with Gasteiger partial charge < -0.3 is 18.9 Å². The highest BCUT2D eigenvalue weighted by molar-refractivity contribution is 5.95. The van der Waals surface area contributed by atoms with Crippen LogP contribution in [0.1, 0.15) is 34.0 Å². The van der Waals surface area contributed by atoms with Crippen LogP contribution in [0.2, 0.25) is 0 Å². The minimum atomic E-state index is -0.403. The Hall–Kier alpha value is -4.85. The number of carbonyl (C=O) groups excluding carboxylic acids is 1. The lowest BCUT2D eigenvalue weighted by Gasteiger charge is -2.13. The fourth-order valence-corrected chi connectivity index (χ4v) is 3.67. The van der Waals surface area contributed by atoms with Crippen LogP contribution in [-0.4, -0.2) is 25.8 Å². The number of hydrogen-bond acceptors (Lipinski definition) is 6. The fraction of sp³-hybridized carbons (Fsp3) is 0.161. The van der Waals surface area contributed by atoms with Gasteiger partial charge in [0.2, 0.25) is 0 Å². The van der Waals surface area contributed by atoms with Crippen LogP contribution < -0.4 is 24.4 Å². The van der Waals surface area contributed by atoms with E-state index in [9.17, 15) is 9.18 Å². The van der Waals surface area contributed by atoms with E-state index in [4.69, 9.17) is 18.9 Å². The zero-order chi connectivity index (χ0) is 27.5. The van der Waals surface area contributed by atoms with E-state index in [1.54, 1.807) is 48.5 Å². The van der Waals surface area contributed by atoms with Gasteiger partial charge in [-0.05, 0) is 72.1 Å². The number of benzene rings is 4. The lowest BCUT2D eigenvalue weighted by molar-refractivity contribution is 0.0954. The average Bonchev–Trinajstić information content (AvgIpc) is 2.96. The summed E-state index contributed by atoms with van der Waals surface area (Å²) < 4.78 is 36.2. The second-order valence-corrected chi connectivity index (χ2v) is 8.40. The molecule has 0 saturated heterocycles. The van der Waals surface area contributed by atoms with E-state index >= 15 is 0 Å². The number of rotatable bonds is 12. The van der Waals surface area contributed by atoms with Crippen molar-refractivity contribution < 1.29 is 28.1 Å². The molecule has 0 fully saturated rings. The molecule has 8 heteroatoms. The highest BCUT2D eigenvalue weighted by Crippen LogP contribution is 2.30. The van der Waals surface area contributed by atoms with Gasteiger partial charge in [-0.3, -0.25) is 4.79 Å². The molecule has 0 atom stereocenters. The molecule has 200 valence electrons. The van der Waals surface area contributed by atoms with Gasteiger partial charge in [0.05, 0.1) is 19.9 Å². The third-order valence-corrected chi connectivity index (χ3v) is 5.59. The molecule has 0 spiro atoms. The first-order valence-electron chi connectivity index (χ1n) is 12.4. The third-order valence-electron chi connectivity index (χ3n) is 5.59. The number of halogens is 1. The summed E-state index contributed by atoms with van der Waals surface area (Å²) in [4.78, 5) is 12.7. The van der Waals surface area contributed by atoms with E-state index in [-0.39, 0.29) is 12.4 Å². The largest absolute Gasteiger partial charge is 0.493 e. The number of nitrogens with zero attached hydrogens (tertiary/aromatic N) is 1. The first-order chi connectivity index (χ1) is 19.1. The number of nitrogens with one attached hydrogen (secondary N) is 1. The van der Waals surface area contributed by atoms with Crippen molar-refractivity contribution in [3.05, 3.63) is 119 Å². The molecule has 0 aliphatic rings. The maximum Gasteiger partial charge on any atom is 0.271 e. The topological polar surface area (TPSA) is 78.4 Å². The summed E-state index contributed by atoms with van der Waals surface area (Å²) in [5.74, 6) is 1.28. The summed E-state index contributed by atoms with van der Waals surface area (Å²) in [5.41, 5.74) is 5.31.